The highest BCUT2D eigenvalue weighted by Crippen LogP contribution is 2.12. The third kappa shape index (κ3) is 2.46. The van der Waals surface area contributed by atoms with E-state index >= 15 is 0 Å². The molecule has 0 radical (unpaired) electrons. The van der Waals surface area contributed by atoms with Gasteiger partial charge in [0.05, 0.1) is 6.26 Å². The van der Waals surface area contributed by atoms with E-state index in [1.807, 2.05) is 12.1 Å². The van der Waals surface area contributed by atoms with Gasteiger partial charge in [-0.15, -0.1) is 0 Å². The maximum atomic E-state index is 5.41. The van der Waals surface area contributed by atoms with Crippen LogP contribution in [0.5, 0.6) is 5.88 Å². The Balaban J connectivity index is 1.98. The van der Waals surface area contributed by atoms with E-state index in [1.165, 1.54) is 6.33 Å². The van der Waals surface area contributed by atoms with Crippen molar-refractivity contribution in [3.05, 3.63) is 36.5 Å². The molecular formula is C10H11N3O2. The average Bonchev–Trinajstić information content (AvgIpc) is 2.79. The summed E-state index contributed by atoms with van der Waals surface area (Å²) in [5.41, 5.74) is 0. The molecule has 0 spiro atoms. The molecule has 0 atom stereocenters. The summed E-state index contributed by atoms with van der Waals surface area (Å²) in [4.78, 5) is 7.95. The largest absolute Gasteiger partial charge is 0.469 e. The molecule has 0 aliphatic rings. The molecule has 0 unspecified atom stereocenters. The second kappa shape index (κ2) is 4.45. The van der Waals surface area contributed by atoms with Crippen LogP contribution in [0.1, 0.15) is 5.76 Å². The summed E-state index contributed by atoms with van der Waals surface area (Å²) in [5.74, 6) is 2.00. The van der Waals surface area contributed by atoms with Gasteiger partial charge in [-0.3, -0.25) is 0 Å². The smallest absolute Gasteiger partial charge is 0.218 e. The van der Waals surface area contributed by atoms with Crippen LogP contribution in [-0.4, -0.2) is 17.0 Å². The van der Waals surface area contributed by atoms with Gasteiger partial charge in [-0.05, 0) is 12.1 Å². The second-order valence-electron chi connectivity index (χ2n) is 2.86. The number of nitrogens with zero attached hydrogens (tertiary/aromatic N) is 2. The zero-order valence-electron chi connectivity index (χ0n) is 8.30. The number of aromatic nitrogens is 2. The van der Waals surface area contributed by atoms with E-state index in [1.54, 1.807) is 19.4 Å². The Morgan fingerprint density at radius 1 is 1.47 bits per heavy atom. The molecule has 2 aromatic heterocycles. The van der Waals surface area contributed by atoms with Gasteiger partial charge in [0.15, 0.2) is 0 Å². The van der Waals surface area contributed by atoms with E-state index in [2.05, 4.69) is 15.3 Å². The summed E-state index contributed by atoms with van der Waals surface area (Å²) in [6.07, 6.45) is 3.06. The lowest BCUT2D eigenvalue weighted by atomic mass is 10.5. The monoisotopic (exact) mass is 205 g/mol. The lowest BCUT2D eigenvalue weighted by Gasteiger charge is -2.04. The SMILES string of the molecule is CNc1cc(OCc2ccco2)ncn1. The summed E-state index contributed by atoms with van der Waals surface area (Å²) in [5, 5.41) is 2.91. The molecule has 2 heterocycles. The molecule has 0 aliphatic carbocycles. The molecule has 78 valence electrons. The van der Waals surface area contributed by atoms with Crippen LogP contribution in [0.25, 0.3) is 0 Å². The number of ether oxygens (including phenoxy) is 1. The van der Waals surface area contributed by atoms with Crippen molar-refractivity contribution in [3.63, 3.8) is 0 Å². The molecular weight excluding hydrogens is 194 g/mol. The third-order valence-electron chi connectivity index (χ3n) is 1.84. The average molecular weight is 205 g/mol. The molecule has 0 amide bonds. The predicted molar refractivity (Wildman–Crippen MR) is 54.6 cm³/mol. The fourth-order valence-electron chi connectivity index (χ4n) is 1.09. The highest BCUT2D eigenvalue weighted by Gasteiger charge is 2.00. The Labute approximate surface area is 87.1 Å². The van der Waals surface area contributed by atoms with Crippen LogP contribution < -0.4 is 10.1 Å². The maximum Gasteiger partial charge on any atom is 0.218 e. The Bertz CT molecular complexity index is 414. The molecule has 0 fully saturated rings. The number of nitrogens with one attached hydrogen (secondary N) is 1. The summed E-state index contributed by atoms with van der Waals surface area (Å²) in [6, 6.07) is 5.39. The Morgan fingerprint density at radius 2 is 2.40 bits per heavy atom. The molecule has 5 nitrogen and oxygen atoms in total. The topological polar surface area (TPSA) is 60.2 Å². The minimum atomic E-state index is 0.368. The number of hydrogen-bond acceptors (Lipinski definition) is 5. The Hall–Kier alpha value is -2.04. The lowest BCUT2D eigenvalue weighted by molar-refractivity contribution is 0.260. The molecule has 0 saturated heterocycles. The summed E-state index contributed by atoms with van der Waals surface area (Å²) in [7, 11) is 1.79. The van der Waals surface area contributed by atoms with Gasteiger partial charge in [-0.2, -0.15) is 0 Å². The van der Waals surface area contributed by atoms with Gasteiger partial charge in [0.1, 0.15) is 24.5 Å². The highest BCUT2D eigenvalue weighted by atomic mass is 16.5. The van der Waals surface area contributed by atoms with Crippen LogP contribution >= 0.6 is 0 Å². The number of rotatable bonds is 4. The van der Waals surface area contributed by atoms with Gasteiger partial charge >= 0.3 is 0 Å². The van der Waals surface area contributed by atoms with Crippen molar-refractivity contribution in [2.75, 3.05) is 12.4 Å². The number of anilines is 1. The van der Waals surface area contributed by atoms with Crippen LogP contribution in [0.4, 0.5) is 5.82 Å². The first-order valence-corrected chi connectivity index (χ1v) is 4.53. The van der Waals surface area contributed by atoms with Crippen molar-refractivity contribution in [2.45, 2.75) is 6.61 Å². The number of hydrogen-bond donors (Lipinski definition) is 1. The first kappa shape index (κ1) is 9.51. The zero-order chi connectivity index (χ0) is 10.5. The van der Waals surface area contributed by atoms with Crippen LogP contribution in [0.2, 0.25) is 0 Å². The van der Waals surface area contributed by atoms with Gasteiger partial charge < -0.3 is 14.5 Å². The van der Waals surface area contributed by atoms with Crippen molar-refractivity contribution in [1.29, 1.82) is 0 Å². The van der Waals surface area contributed by atoms with Gasteiger partial charge in [0.25, 0.3) is 0 Å². The second-order valence-corrected chi connectivity index (χ2v) is 2.86. The molecule has 2 rings (SSSR count). The molecule has 0 aromatic carbocycles. The van der Waals surface area contributed by atoms with Gasteiger partial charge in [-0.1, -0.05) is 0 Å². The van der Waals surface area contributed by atoms with Crippen LogP contribution in [-0.2, 0) is 6.61 Å². The molecule has 15 heavy (non-hydrogen) atoms. The third-order valence-corrected chi connectivity index (χ3v) is 1.84. The van der Waals surface area contributed by atoms with E-state index in [-0.39, 0.29) is 0 Å². The van der Waals surface area contributed by atoms with Crippen molar-refractivity contribution >= 4 is 5.82 Å². The van der Waals surface area contributed by atoms with E-state index in [9.17, 15) is 0 Å². The highest BCUT2D eigenvalue weighted by molar-refractivity contribution is 5.35. The molecule has 0 saturated carbocycles. The fourth-order valence-corrected chi connectivity index (χ4v) is 1.09. The van der Waals surface area contributed by atoms with E-state index in [0.717, 1.165) is 11.6 Å². The quantitative estimate of drug-likeness (QED) is 0.823. The van der Waals surface area contributed by atoms with E-state index < -0.39 is 0 Å². The summed E-state index contributed by atoms with van der Waals surface area (Å²) in [6.45, 7) is 0.368. The van der Waals surface area contributed by atoms with Crippen LogP contribution in [0.15, 0.2) is 35.2 Å². The van der Waals surface area contributed by atoms with Crippen LogP contribution in [0.3, 0.4) is 0 Å². The van der Waals surface area contributed by atoms with Crippen molar-refractivity contribution in [3.8, 4) is 5.88 Å². The summed E-state index contributed by atoms with van der Waals surface area (Å²) < 4.78 is 10.5. The molecule has 5 heteroatoms. The first-order chi connectivity index (χ1) is 7.38. The van der Waals surface area contributed by atoms with Gasteiger partial charge in [0, 0.05) is 13.1 Å². The van der Waals surface area contributed by atoms with Crippen molar-refractivity contribution in [2.24, 2.45) is 0 Å². The van der Waals surface area contributed by atoms with E-state index in [4.69, 9.17) is 9.15 Å². The fraction of sp³-hybridized carbons (Fsp3) is 0.200. The minimum Gasteiger partial charge on any atom is -0.469 e. The first-order valence-electron chi connectivity index (χ1n) is 4.53. The van der Waals surface area contributed by atoms with Crippen molar-refractivity contribution < 1.29 is 9.15 Å². The van der Waals surface area contributed by atoms with Gasteiger partial charge in [-0.25, -0.2) is 9.97 Å². The molecule has 0 aliphatic heterocycles. The van der Waals surface area contributed by atoms with Gasteiger partial charge in [0.2, 0.25) is 5.88 Å². The standard InChI is InChI=1S/C10H11N3O2/c1-11-9-5-10(13-7-12-9)15-6-8-3-2-4-14-8/h2-5,7H,6H2,1H3,(H,11,12,13). The molecule has 1 N–H and O–H groups in total. The normalized spacial score (nSPS) is 9.93. The maximum absolute atomic E-state index is 5.41. The molecule has 2 aromatic rings. The summed E-state index contributed by atoms with van der Waals surface area (Å²) >= 11 is 0. The predicted octanol–water partition coefficient (Wildman–Crippen LogP) is 1.69. The Morgan fingerprint density at radius 3 is 3.13 bits per heavy atom. The van der Waals surface area contributed by atoms with E-state index in [0.29, 0.717) is 12.5 Å². The lowest BCUT2D eigenvalue weighted by Crippen LogP contribution is -1.98. The molecule has 0 bridgehead atoms. The minimum absolute atomic E-state index is 0.368. The Kier molecular flexibility index (Phi) is 2.82. The van der Waals surface area contributed by atoms with Crippen LogP contribution in [0, 0.1) is 0 Å². The van der Waals surface area contributed by atoms with Crippen molar-refractivity contribution in [1.82, 2.24) is 9.97 Å². The zero-order valence-corrected chi connectivity index (χ0v) is 8.30. The number of furan rings is 1.